The van der Waals surface area contributed by atoms with E-state index in [-0.39, 0.29) is 23.5 Å². The van der Waals surface area contributed by atoms with Gasteiger partial charge in [0.05, 0.1) is 13.2 Å². The van der Waals surface area contributed by atoms with Crippen molar-refractivity contribution in [1.29, 1.82) is 0 Å². The lowest BCUT2D eigenvalue weighted by molar-refractivity contribution is -0.125. The van der Waals surface area contributed by atoms with Crippen LogP contribution in [-0.2, 0) is 14.3 Å². The summed E-state index contributed by atoms with van der Waals surface area (Å²) >= 11 is 1.31. The van der Waals surface area contributed by atoms with Crippen molar-refractivity contribution in [3.05, 3.63) is 0 Å². The minimum atomic E-state index is -0.379. The predicted octanol–water partition coefficient (Wildman–Crippen LogP) is 0.773. The van der Waals surface area contributed by atoms with Gasteiger partial charge in [-0.15, -0.1) is 0 Å². The number of amidine groups is 1. The van der Waals surface area contributed by atoms with Gasteiger partial charge in [-0.3, -0.25) is 14.6 Å². The third-order valence-corrected chi connectivity index (χ3v) is 3.86. The lowest BCUT2D eigenvalue weighted by Gasteiger charge is -2.08. The van der Waals surface area contributed by atoms with Crippen LogP contribution in [0.2, 0.25) is 0 Å². The summed E-state index contributed by atoms with van der Waals surface area (Å²) in [6.07, 6.45) is 1.14. The first kappa shape index (κ1) is 17.0. The summed E-state index contributed by atoms with van der Waals surface area (Å²) in [4.78, 5) is 27.6. The Labute approximate surface area is 124 Å². The van der Waals surface area contributed by atoms with Crippen LogP contribution in [-0.4, -0.2) is 49.0 Å². The molecular weight excluding hydrogens is 278 g/mol. The highest BCUT2D eigenvalue weighted by Crippen LogP contribution is 2.22. The molecule has 1 atom stereocenters. The number of thioether (sulfide) groups is 1. The molecule has 1 aliphatic rings. The summed E-state index contributed by atoms with van der Waals surface area (Å²) in [5.74, 6) is 0.320. The quantitative estimate of drug-likeness (QED) is 0.649. The van der Waals surface area contributed by atoms with Crippen LogP contribution in [0.15, 0.2) is 4.99 Å². The summed E-state index contributed by atoms with van der Waals surface area (Å²) in [5.41, 5.74) is 0. The average molecular weight is 301 g/mol. The average Bonchev–Trinajstić information content (AvgIpc) is 2.70. The zero-order valence-corrected chi connectivity index (χ0v) is 13.1. The first-order chi connectivity index (χ1) is 9.52. The summed E-state index contributed by atoms with van der Waals surface area (Å²) in [7, 11) is 1.60. The summed E-state index contributed by atoms with van der Waals surface area (Å²) < 4.78 is 4.89. The van der Waals surface area contributed by atoms with Gasteiger partial charge in [-0.2, -0.15) is 0 Å². The van der Waals surface area contributed by atoms with E-state index in [1.165, 1.54) is 11.8 Å². The monoisotopic (exact) mass is 301 g/mol. The van der Waals surface area contributed by atoms with Crippen molar-refractivity contribution in [1.82, 2.24) is 10.6 Å². The molecule has 7 heteroatoms. The van der Waals surface area contributed by atoms with E-state index in [1.807, 2.05) is 0 Å². The Morgan fingerprint density at radius 2 is 2.30 bits per heavy atom. The van der Waals surface area contributed by atoms with Gasteiger partial charge in [-0.1, -0.05) is 25.6 Å². The van der Waals surface area contributed by atoms with E-state index < -0.39 is 0 Å². The molecule has 0 aromatic rings. The third-order valence-electron chi connectivity index (χ3n) is 2.74. The van der Waals surface area contributed by atoms with Gasteiger partial charge in [0.15, 0.2) is 5.17 Å². The molecule has 1 saturated heterocycles. The van der Waals surface area contributed by atoms with Gasteiger partial charge in [0.1, 0.15) is 5.25 Å². The van der Waals surface area contributed by atoms with Gasteiger partial charge in [0.2, 0.25) is 11.8 Å². The number of amides is 2. The van der Waals surface area contributed by atoms with Gasteiger partial charge in [0.25, 0.3) is 0 Å². The SMILES string of the molecule is COCCN=C1NC(=O)[C@H](CC(=O)NCCC(C)C)S1. The molecule has 1 aliphatic heterocycles. The van der Waals surface area contributed by atoms with Crippen LogP contribution in [0, 0.1) is 5.92 Å². The van der Waals surface area contributed by atoms with Crippen molar-refractivity contribution in [3.63, 3.8) is 0 Å². The number of ether oxygens (including phenoxy) is 1. The Kier molecular flexibility index (Phi) is 7.61. The minimum Gasteiger partial charge on any atom is -0.383 e. The highest BCUT2D eigenvalue weighted by molar-refractivity contribution is 8.15. The molecule has 0 bridgehead atoms. The zero-order chi connectivity index (χ0) is 15.0. The molecule has 0 saturated carbocycles. The Hall–Kier alpha value is -1.08. The molecule has 1 heterocycles. The molecule has 0 aliphatic carbocycles. The molecule has 0 radical (unpaired) electrons. The fourth-order valence-electron chi connectivity index (χ4n) is 1.59. The van der Waals surface area contributed by atoms with Crippen LogP contribution in [0.1, 0.15) is 26.7 Å². The molecular formula is C13H23N3O3S. The second-order valence-electron chi connectivity index (χ2n) is 5.01. The third kappa shape index (κ3) is 6.38. The topological polar surface area (TPSA) is 79.8 Å². The Morgan fingerprint density at radius 3 is 2.95 bits per heavy atom. The smallest absolute Gasteiger partial charge is 0.240 e. The number of carbonyl (C=O) groups excluding carboxylic acids is 2. The fraction of sp³-hybridized carbons (Fsp3) is 0.769. The zero-order valence-electron chi connectivity index (χ0n) is 12.3. The minimum absolute atomic E-state index is 0.0866. The highest BCUT2D eigenvalue weighted by Gasteiger charge is 2.31. The molecule has 2 amide bonds. The number of nitrogens with one attached hydrogen (secondary N) is 2. The van der Waals surface area contributed by atoms with Crippen LogP contribution in [0.5, 0.6) is 0 Å². The van der Waals surface area contributed by atoms with E-state index in [0.717, 1.165) is 6.42 Å². The molecule has 0 aromatic carbocycles. The molecule has 1 rings (SSSR count). The van der Waals surface area contributed by atoms with E-state index in [1.54, 1.807) is 7.11 Å². The first-order valence-electron chi connectivity index (χ1n) is 6.80. The van der Waals surface area contributed by atoms with Crippen LogP contribution < -0.4 is 10.6 Å². The van der Waals surface area contributed by atoms with Crippen LogP contribution >= 0.6 is 11.8 Å². The summed E-state index contributed by atoms with van der Waals surface area (Å²) in [6.45, 7) is 5.89. The maximum atomic E-state index is 11.7. The number of nitrogens with zero attached hydrogens (tertiary/aromatic N) is 1. The molecule has 20 heavy (non-hydrogen) atoms. The van der Waals surface area contributed by atoms with Crippen molar-refractivity contribution in [2.24, 2.45) is 10.9 Å². The van der Waals surface area contributed by atoms with Crippen molar-refractivity contribution < 1.29 is 14.3 Å². The number of hydrogen-bond acceptors (Lipinski definition) is 5. The standard InChI is InChI=1S/C13H23N3O3S/c1-9(2)4-5-14-11(17)8-10-12(18)16-13(20-10)15-6-7-19-3/h9-10H,4-8H2,1-3H3,(H,14,17)(H,15,16,18)/t10-/m0/s1. The Balaban J connectivity index is 2.31. The number of rotatable bonds is 8. The molecule has 114 valence electrons. The lowest BCUT2D eigenvalue weighted by Crippen LogP contribution is -2.32. The Bertz CT molecular complexity index is 372. The molecule has 6 nitrogen and oxygen atoms in total. The van der Waals surface area contributed by atoms with Gasteiger partial charge in [-0.25, -0.2) is 0 Å². The van der Waals surface area contributed by atoms with Gasteiger partial charge < -0.3 is 15.4 Å². The molecule has 1 fully saturated rings. The highest BCUT2D eigenvalue weighted by atomic mass is 32.2. The van der Waals surface area contributed by atoms with Crippen molar-refractivity contribution in [3.8, 4) is 0 Å². The molecule has 0 unspecified atom stereocenters. The number of aliphatic imine (C=N–C) groups is 1. The normalized spacial score (nSPS) is 20.5. The van der Waals surface area contributed by atoms with Crippen molar-refractivity contribution >= 4 is 28.7 Å². The molecule has 0 spiro atoms. The first-order valence-corrected chi connectivity index (χ1v) is 7.68. The van der Waals surface area contributed by atoms with Crippen molar-refractivity contribution in [2.75, 3.05) is 26.8 Å². The summed E-state index contributed by atoms with van der Waals surface area (Å²) in [5, 5.41) is 5.71. The van der Waals surface area contributed by atoms with Crippen LogP contribution in [0.25, 0.3) is 0 Å². The van der Waals surface area contributed by atoms with Gasteiger partial charge >= 0.3 is 0 Å². The van der Waals surface area contributed by atoms with Gasteiger partial charge in [-0.05, 0) is 12.3 Å². The van der Waals surface area contributed by atoms with E-state index in [4.69, 9.17) is 4.74 Å². The van der Waals surface area contributed by atoms with E-state index in [9.17, 15) is 9.59 Å². The predicted molar refractivity (Wildman–Crippen MR) is 80.8 cm³/mol. The van der Waals surface area contributed by atoms with Crippen molar-refractivity contribution in [2.45, 2.75) is 31.9 Å². The molecule has 0 aromatic heterocycles. The van der Waals surface area contributed by atoms with E-state index in [2.05, 4.69) is 29.5 Å². The molecule has 2 N–H and O–H groups in total. The number of carbonyl (C=O) groups is 2. The van der Waals surface area contributed by atoms with E-state index >= 15 is 0 Å². The number of hydrogen-bond donors (Lipinski definition) is 2. The second-order valence-corrected chi connectivity index (χ2v) is 6.20. The fourth-order valence-corrected chi connectivity index (χ4v) is 2.59. The second kappa shape index (κ2) is 8.97. The van der Waals surface area contributed by atoms with Gasteiger partial charge in [0, 0.05) is 20.1 Å². The Morgan fingerprint density at radius 1 is 1.55 bits per heavy atom. The van der Waals surface area contributed by atoms with E-state index in [0.29, 0.717) is 30.8 Å². The maximum absolute atomic E-state index is 11.7. The van der Waals surface area contributed by atoms with Crippen LogP contribution in [0.4, 0.5) is 0 Å². The van der Waals surface area contributed by atoms with Crippen LogP contribution in [0.3, 0.4) is 0 Å². The lowest BCUT2D eigenvalue weighted by atomic mass is 10.1. The maximum Gasteiger partial charge on any atom is 0.240 e. The largest absolute Gasteiger partial charge is 0.383 e. The summed E-state index contributed by atoms with van der Waals surface area (Å²) in [6, 6.07) is 0. The number of methoxy groups -OCH3 is 1.